The Morgan fingerprint density at radius 1 is 0.870 bits per heavy atom. The highest BCUT2D eigenvalue weighted by Gasteiger charge is 2.16. The minimum absolute atomic E-state index is 0.736. The summed E-state index contributed by atoms with van der Waals surface area (Å²) in [5, 5.41) is 2.52. The van der Waals surface area contributed by atoms with Crippen LogP contribution in [0.25, 0.3) is 22.0 Å². The Kier molecular flexibility index (Phi) is 3.87. The number of rotatable bonds is 2. The summed E-state index contributed by atoms with van der Waals surface area (Å²) in [4.78, 5) is 4.86. The lowest BCUT2D eigenvalue weighted by atomic mass is 9.83. The summed E-state index contributed by atoms with van der Waals surface area (Å²) in [7, 11) is 0. The Balaban J connectivity index is 1.81. The van der Waals surface area contributed by atoms with Crippen molar-refractivity contribution in [1.29, 1.82) is 0 Å². The molecular formula is C22H23N. The zero-order valence-corrected chi connectivity index (χ0v) is 13.8. The Labute approximate surface area is 138 Å². The van der Waals surface area contributed by atoms with Gasteiger partial charge >= 0.3 is 0 Å². The molecule has 116 valence electrons. The zero-order valence-electron chi connectivity index (χ0n) is 13.8. The normalized spacial score (nSPS) is 15.9. The Morgan fingerprint density at radius 3 is 2.57 bits per heavy atom. The molecule has 1 heteroatoms. The molecule has 0 N–H and O–H groups in total. The van der Waals surface area contributed by atoms with Crippen molar-refractivity contribution in [2.75, 3.05) is 0 Å². The van der Waals surface area contributed by atoms with Gasteiger partial charge in [0.05, 0.1) is 5.69 Å². The van der Waals surface area contributed by atoms with Gasteiger partial charge in [0.25, 0.3) is 0 Å². The van der Waals surface area contributed by atoms with Crippen molar-refractivity contribution in [2.45, 2.75) is 44.9 Å². The van der Waals surface area contributed by atoms with Crippen LogP contribution >= 0.6 is 0 Å². The molecule has 1 heterocycles. The molecule has 2 aromatic carbocycles. The average Bonchev–Trinajstić information content (AvgIpc) is 2.62. The van der Waals surface area contributed by atoms with Gasteiger partial charge in [0, 0.05) is 16.6 Å². The van der Waals surface area contributed by atoms with E-state index in [4.69, 9.17) is 4.98 Å². The third kappa shape index (κ3) is 2.88. The van der Waals surface area contributed by atoms with E-state index < -0.39 is 0 Å². The summed E-state index contributed by atoms with van der Waals surface area (Å²) in [5.74, 6) is 0.736. The SMILES string of the molecule is Cc1cc2ccccc2c(-c2cccc(C3CCCCC3)c2)n1. The van der Waals surface area contributed by atoms with Crippen molar-refractivity contribution in [3.8, 4) is 11.3 Å². The van der Waals surface area contributed by atoms with Crippen LogP contribution in [0.2, 0.25) is 0 Å². The molecule has 1 fully saturated rings. The summed E-state index contributed by atoms with van der Waals surface area (Å²) in [5.41, 5.74) is 4.96. The van der Waals surface area contributed by atoms with Crippen LogP contribution in [0.5, 0.6) is 0 Å². The summed E-state index contributed by atoms with van der Waals surface area (Å²) in [6.07, 6.45) is 6.83. The van der Waals surface area contributed by atoms with Crippen molar-refractivity contribution in [3.63, 3.8) is 0 Å². The topological polar surface area (TPSA) is 12.9 Å². The summed E-state index contributed by atoms with van der Waals surface area (Å²) in [6.45, 7) is 2.08. The smallest absolute Gasteiger partial charge is 0.0783 e. The maximum absolute atomic E-state index is 4.86. The van der Waals surface area contributed by atoms with Gasteiger partial charge in [-0.1, -0.05) is 61.7 Å². The van der Waals surface area contributed by atoms with Crippen LogP contribution in [0.3, 0.4) is 0 Å². The fourth-order valence-electron chi connectivity index (χ4n) is 3.93. The molecule has 1 saturated carbocycles. The summed E-state index contributed by atoms with van der Waals surface area (Å²) in [6, 6.07) is 19.8. The lowest BCUT2D eigenvalue weighted by Crippen LogP contribution is -2.04. The van der Waals surface area contributed by atoms with Gasteiger partial charge in [-0.15, -0.1) is 0 Å². The number of pyridine rings is 1. The largest absolute Gasteiger partial charge is 0.252 e. The van der Waals surface area contributed by atoms with E-state index in [1.54, 1.807) is 0 Å². The molecular weight excluding hydrogens is 278 g/mol. The van der Waals surface area contributed by atoms with Crippen LogP contribution in [0.4, 0.5) is 0 Å². The maximum atomic E-state index is 4.86. The van der Waals surface area contributed by atoms with Gasteiger partial charge in [0.2, 0.25) is 0 Å². The number of aryl methyl sites for hydroxylation is 1. The molecule has 0 spiro atoms. The monoisotopic (exact) mass is 301 g/mol. The highest BCUT2D eigenvalue weighted by molar-refractivity contribution is 5.94. The number of aromatic nitrogens is 1. The zero-order chi connectivity index (χ0) is 15.6. The van der Waals surface area contributed by atoms with E-state index in [1.165, 1.54) is 54.0 Å². The lowest BCUT2D eigenvalue weighted by Gasteiger charge is -2.22. The molecule has 0 amide bonds. The second-order valence-corrected chi connectivity index (χ2v) is 6.79. The minimum Gasteiger partial charge on any atom is -0.252 e. The van der Waals surface area contributed by atoms with Crippen LogP contribution in [0.1, 0.15) is 49.3 Å². The van der Waals surface area contributed by atoms with Crippen LogP contribution < -0.4 is 0 Å². The first-order chi connectivity index (χ1) is 11.3. The van der Waals surface area contributed by atoms with Crippen molar-refractivity contribution in [2.24, 2.45) is 0 Å². The molecule has 1 nitrogen and oxygen atoms in total. The van der Waals surface area contributed by atoms with Gasteiger partial charge in [-0.2, -0.15) is 0 Å². The van der Waals surface area contributed by atoms with E-state index in [0.717, 1.165) is 17.3 Å². The maximum Gasteiger partial charge on any atom is 0.0783 e. The van der Waals surface area contributed by atoms with Crippen molar-refractivity contribution in [1.82, 2.24) is 4.98 Å². The van der Waals surface area contributed by atoms with E-state index in [9.17, 15) is 0 Å². The minimum atomic E-state index is 0.736. The predicted octanol–water partition coefficient (Wildman–Crippen LogP) is 6.26. The fourth-order valence-corrected chi connectivity index (χ4v) is 3.93. The molecule has 23 heavy (non-hydrogen) atoms. The number of fused-ring (bicyclic) bond motifs is 1. The van der Waals surface area contributed by atoms with E-state index >= 15 is 0 Å². The Bertz CT molecular complexity index is 828. The first-order valence-electron chi connectivity index (χ1n) is 8.78. The molecule has 0 saturated heterocycles. The number of hydrogen-bond donors (Lipinski definition) is 0. The Hall–Kier alpha value is -2.15. The third-order valence-corrected chi connectivity index (χ3v) is 5.11. The molecule has 4 rings (SSSR count). The van der Waals surface area contributed by atoms with Gasteiger partial charge in [0.1, 0.15) is 0 Å². The summed E-state index contributed by atoms with van der Waals surface area (Å²) >= 11 is 0. The second kappa shape index (κ2) is 6.16. The molecule has 0 unspecified atom stereocenters. The standard InChI is InChI=1S/C22H23N/c1-16-14-19-10-5-6-13-21(19)22(23-16)20-12-7-11-18(15-20)17-8-3-2-4-9-17/h5-7,10-15,17H,2-4,8-9H2,1H3. The molecule has 1 aliphatic carbocycles. The van der Waals surface area contributed by atoms with Gasteiger partial charge in [-0.25, -0.2) is 0 Å². The molecule has 0 aliphatic heterocycles. The average molecular weight is 301 g/mol. The van der Waals surface area contributed by atoms with Crippen LogP contribution in [-0.2, 0) is 0 Å². The van der Waals surface area contributed by atoms with Crippen molar-refractivity contribution in [3.05, 3.63) is 65.9 Å². The molecule has 3 aromatic rings. The van der Waals surface area contributed by atoms with Crippen LogP contribution in [0.15, 0.2) is 54.6 Å². The number of benzene rings is 2. The van der Waals surface area contributed by atoms with Crippen LogP contribution in [0, 0.1) is 6.92 Å². The number of hydrogen-bond acceptors (Lipinski definition) is 1. The van der Waals surface area contributed by atoms with Gasteiger partial charge in [0.15, 0.2) is 0 Å². The van der Waals surface area contributed by atoms with Gasteiger partial charge in [-0.3, -0.25) is 4.98 Å². The van der Waals surface area contributed by atoms with Gasteiger partial charge in [-0.05, 0) is 48.8 Å². The first-order valence-corrected chi connectivity index (χ1v) is 8.78. The number of nitrogens with zero attached hydrogens (tertiary/aromatic N) is 1. The lowest BCUT2D eigenvalue weighted by molar-refractivity contribution is 0.443. The van der Waals surface area contributed by atoms with Crippen LogP contribution in [-0.4, -0.2) is 4.98 Å². The van der Waals surface area contributed by atoms with Gasteiger partial charge < -0.3 is 0 Å². The summed E-state index contributed by atoms with van der Waals surface area (Å²) < 4.78 is 0. The highest BCUT2D eigenvalue weighted by atomic mass is 14.7. The Morgan fingerprint density at radius 2 is 1.70 bits per heavy atom. The molecule has 0 radical (unpaired) electrons. The van der Waals surface area contributed by atoms with E-state index in [1.807, 2.05) is 0 Å². The molecule has 0 atom stereocenters. The highest BCUT2D eigenvalue weighted by Crippen LogP contribution is 2.35. The molecule has 1 aliphatic rings. The fraction of sp³-hybridized carbons (Fsp3) is 0.318. The second-order valence-electron chi connectivity index (χ2n) is 6.79. The molecule has 1 aromatic heterocycles. The van der Waals surface area contributed by atoms with Crippen molar-refractivity contribution < 1.29 is 0 Å². The third-order valence-electron chi connectivity index (χ3n) is 5.11. The first kappa shape index (κ1) is 14.4. The predicted molar refractivity (Wildman–Crippen MR) is 97.7 cm³/mol. The molecule has 0 bridgehead atoms. The van der Waals surface area contributed by atoms with E-state index in [2.05, 4.69) is 61.5 Å². The van der Waals surface area contributed by atoms with E-state index in [-0.39, 0.29) is 0 Å². The van der Waals surface area contributed by atoms with Crippen molar-refractivity contribution >= 4 is 10.8 Å². The van der Waals surface area contributed by atoms with E-state index in [0.29, 0.717) is 0 Å². The quantitative estimate of drug-likeness (QED) is 0.544.